The number of fused-ring (bicyclic) bond motifs is 1. The second-order valence-electron chi connectivity index (χ2n) is 7.02. The van der Waals surface area contributed by atoms with Crippen LogP contribution in [0.4, 0.5) is 5.82 Å². The Balaban J connectivity index is 1.39. The number of benzene rings is 1. The number of hydrogen-bond acceptors (Lipinski definition) is 7. The van der Waals surface area contributed by atoms with E-state index in [4.69, 9.17) is 4.84 Å². The number of hydrogen-bond donors (Lipinski definition) is 0. The average molecular weight is 404 g/mol. The molecular formula is C20H20N8O2. The number of para-hydroxylation sites is 1. The van der Waals surface area contributed by atoms with Crippen molar-refractivity contribution in [3.8, 4) is 5.69 Å². The summed E-state index contributed by atoms with van der Waals surface area (Å²) in [6.07, 6.45) is 6.52. The molecule has 0 aliphatic carbocycles. The Kier molecular flexibility index (Phi) is 4.60. The Morgan fingerprint density at radius 3 is 2.73 bits per heavy atom. The van der Waals surface area contributed by atoms with Gasteiger partial charge in [0.15, 0.2) is 11.5 Å². The first kappa shape index (κ1) is 18.3. The van der Waals surface area contributed by atoms with Crippen LogP contribution in [0.3, 0.4) is 0 Å². The van der Waals surface area contributed by atoms with E-state index in [1.54, 1.807) is 39.1 Å². The zero-order valence-corrected chi connectivity index (χ0v) is 16.4. The van der Waals surface area contributed by atoms with E-state index in [9.17, 15) is 4.79 Å². The third-order valence-corrected chi connectivity index (χ3v) is 4.91. The van der Waals surface area contributed by atoms with Gasteiger partial charge >= 0.3 is 0 Å². The number of aromatic nitrogens is 6. The fourth-order valence-corrected chi connectivity index (χ4v) is 3.55. The number of amides is 1. The van der Waals surface area contributed by atoms with Crippen LogP contribution in [0.25, 0.3) is 11.3 Å². The summed E-state index contributed by atoms with van der Waals surface area (Å²) in [4.78, 5) is 27.3. The SMILES string of the molecule is C[C@H]1CN(C(=O)c2ccccc2-n2nccn2)CCN(c2ccn3nccc3n2)O1. The van der Waals surface area contributed by atoms with Crippen LogP contribution in [0.1, 0.15) is 17.3 Å². The van der Waals surface area contributed by atoms with E-state index in [2.05, 4.69) is 20.3 Å². The number of carbonyl (C=O) groups excluding carboxylic acids is 1. The van der Waals surface area contributed by atoms with E-state index in [0.717, 1.165) is 5.65 Å². The van der Waals surface area contributed by atoms with Gasteiger partial charge in [0.2, 0.25) is 0 Å². The van der Waals surface area contributed by atoms with Gasteiger partial charge in [-0.25, -0.2) is 14.6 Å². The molecule has 3 aromatic heterocycles. The molecule has 1 aliphatic heterocycles. The lowest BCUT2D eigenvalue weighted by Gasteiger charge is -2.22. The fraction of sp³-hybridized carbons (Fsp3) is 0.250. The molecule has 0 bridgehead atoms. The molecule has 10 nitrogen and oxygen atoms in total. The van der Waals surface area contributed by atoms with Gasteiger partial charge in [0, 0.05) is 31.4 Å². The molecule has 1 atom stereocenters. The molecular weight excluding hydrogens is 384 g/mol. The minimum absolute atomic E-state index is 0.0839. The van der Waals surface area contributed by atoms with E-state index in [0.29, 0.717) is 36.7 Å². The van der Waals surface area contributed by atoms with Crippen molar-refractivity contribution in [3.63, 3.8) is 0 Å². The molecule has 1 fully saturated rings. The quantitative estimate of drug-likeness (QED) is 0.512. The summed E-state index contributed by atoms with van der Waals surface area (Å²) in [6.45, 7) is 3.40. The van der Waals surface area contributed by atoms with Crippen LogP contribution in [0, 0.1) is 0 Å². The van der Waals surface area contributed by atoms with E-state index in [1.165, 1.54) is 4.80 Å². The first-order valence-corrected chi connectivity index (χ1v) is 9.69. The molecule has 1 aliphatic rings. The predicted octanol–water partition coefficient (Wildman–Crippen LogP) is 1.59. The molecule has 0 radical (unpaired) electrons. The van der Waals surface area contributed by atoms with E-state index >= 15 is 0 Å². The standard InChI is InChI=1S/C20H20N8O2/c1-15-14-25(20(29)16-4-2-3-5-17(16)28-22-9-10-23-28)12-13-27(30-15)19-7-11-26-18(24-19)6-8-21-26/h2-11,15H,12-14H2,1H3/t15-/m0/s1. The summed E-state index contributed by atoms with van der Waals surface area (Å²) in [7, 11) is 0. The third-order valence-electron chi connectivity index (χ3n) is 4.91. The summed E-state index contributed by atoms with van der Waals surface area (Å²) >= 11 is 0. The highest BCUT2D eigenvalue weighted by Gasteiger charge is 2.27. The van der Waals surface area contributed by atoms with E-state index < -0.39 is 0 Å². The Hall–Kier alpha value is -3.79. The van der Waals surface area contributed by atoms with Crippen molar-refractivity contribution in [2.24, 2.45) is 0 Å². The molecule has 30 heavy (non-hydrogen) atoms. The second kappa shape index (κ2) is 7.56. The third kappa shape index (κ3) is 3.37. The maximum absolute atomic E-state index is 13.4. The van der Waals surface area contributed by atoms with E-state index in [1.807, 2.05) is 43.5 Å². The number of carbonyl (C=O) groups is 1. The minimum Gasteiger partial charge on any atom is -0.334 e. The Morgan fingerprint density at radius 2 is 1.87 bits per heavy atom. The predicted molar refractivity (Wildman–Crippen MR) is 108 cm³/mol. The average Bonchev–Trinajstić information content (AvgIpc) is 3.43. The lowest BCUT2D eigenvalue weighted by molar-refractivity contribution is 0.0423. The lowest BCUT2D eigenvalue weighted by atomic mass is 10.1. The normalized spacial score (nSPS) is 17.3. The molecule has 152 valence electrons. The highest BCUT2D eigenvalue weighted by Crippen LogP contribution is 2.20. The van der Waals surface area contributed by atoms with Crippen LogP contribution >= 0.6 is 0 Å². The monoisotopic (exact) mass is 404 g/mol. The summed E-state index contributed by atoms with van der Waals surface area (Å²) < 4.78 is 1.70. The summed E-state index contributed by atoms with van der Waals surface area (Å²) in [5.41, 5.74) is 1.93. The van der Waals surface area contributed by atoms with Gasteiger partial charge in [-0.1, -0.05) is 12.1 Å². The Bertz CT molecular complexity index is 1170. The molecule has 5 rings (SSSR count). The molecule has 0 spiro atoms. The molecule has 10 heteroatoms. The molecule has 0 unspecified atom stereocenters. The highest BCUT2D eigenvalue weighted by atomic mass is 16.7. The molecule has 1 amide bonds. The fourth-order valence-electron chi connectivity index (χ4n) is 3.55. The van der Waals surface area contributed by atoms with Crippen molar-refractivity contribution in [2.75, 3.05) is 24.7 Å². The van der Waals surface area contributed by atoms with Crippen LogP contribution in [0.2, 0.25) is 0 Å². The largest absolute Gasteiger partial charge is 0.334 e. The Morgan fingerprint density at radius 1 is 1.03 bits per heavy atom. The number of hydroxylamine groups is 1. The summed E-state index contributed by atoms with van der Waals surface area (Å²) in [5, 5.41) is 14.2. The van der Waals surface area contributed by atoms with Gasteiger partial charge in [0.25, 0.3) is 5.91 Å². The van der Waals surface area contributed by atoms with Crippen molar-refractivity contribution in [3.05, 3.63) is 66.7 Å². The lowest BCUT2D eigenvalue weighted by Crippen LogP contribution is -2.37. The maximum Gasteiger partial charge on any atom is 0.256 e. The van der Waals surface area contributed by atoms with Gasteiger partial charge < -0.3 is 4.90 Å². The van der Waals surface area contributed by atoms with Crippen molar-refractivity contribution in [1.82, 2.24) is 34.5 Å². The van der Waals surface area contributed by atoms with Crippen molar-refractivity contribution in [2.45, 2.75) is 13.0 Å². The zero-order chi connectivity index (χ0) is 20.5. The molecule has 0 N–H and O–H groups in total. The molecule has 1 saturated heterocycles. The maximum atomic E-state index is 13.4. The van der Waals surface area contributed by atoms with Gasteiger partial charge in [-0.3, -0.25) is 9.63 Å². The van der Waals surface area contributed by atoms with Crippen LogP contribution in [-0.4, -0.2) is 66.1 Å². The molecule has 0 saturated carbocycles. The first-order valence-electron chi connectivity index (χ1n) is 9.69. The van der Waals surface area contributed by atoms with E-state index in [-0.39, 0.29) is 12.0 Å². The van der Waals surface area contributed by atoms with Crippen molar-refractivity contribution >= 4 is 17.4 Å². The molecule has 4 aromatic rings. The molecule has 4 heterocycles. The number of anilines is 1. The summed E-state index contributed by atoms with van der Waals surface area (Å²) in [5.74, 6) is 0.602. The highest BCUT2D eigenvalue weighted by molar-refractivity contribution is 5.97. The van der Waals surface area contributed by atoms with Crippen LogP contribution in [0.15, 0.2) is 61.2 Å². The smallest absolute Gasteiger partial charge is 0.256 e. The number of nitrogens with zero attached hydrogens (tertiary/aromatic N) is 8. The van der Waals surface area contributed by atoms with Crippen molar-refractivity contribution < 1.29 is 9.63 Å². The zero-order valence-electron chi connectivity index (χ0n) is 16.4. The van der Waals surface area contributed by atoms with Crippen LogP contribution in [-0.2, 0) is 4.84 Å². The van der Waals surface area contributed by atoms with Gasteiger partial charge in [-0.2, -0.15) is 20.1 Å². The topological polar surface area (TPSA) is 93.7 Å². The van der Waals surface area contributed by atoms with Gasteiger partial charge in [-0.15, -0.1) is 0 Å². The van der Waals surface area contributed by atoms with Crippen LogP contribution < -0.4 is 5.06 Å². The first-order chi connectivity index (χ1) is 14.7. The van der Waals surface area contributed by atoms with Crippen molar-refractivity contribution in [1.29, 1.82) is 0 Å². The molecule has 1 aromatic carbocycles. The van der Waals surface area contributed by atoms with Gasteiger partial charge in [-0.05, 0) is 19.1 Å². The second-order valence-corrected chi connectivity index (χ2v) is 7.02. The summed E-state index contributed by atoms with van der Waals surface area (Å²) in [6, 6.07) is 11.0. The van der Waals surface area contributed by atoms with Crippen LogP contribution in [0.5, 0.6) is 0 Å². The van der Waals surface area contributed by atoms with Gasteiger partial charge in [0.1, 0.15) is 6.10 Å². The minimum atomic E-state index is -0.200. The van der Waals surface area contributed by atoms with Gasteiger partial charge in [0.05, 0.1) is 36.4 Å². The number of rotatable bonds is 3. The Labute approximate surface area is 172 Å².